The Morgan fingerprint density at radius 2 is 1.09 bits per heavy atom. The first-order chi connectivity index (χ1) is 17.3. The van der Waals surface area contributed by atoms with Crippen LogP contribution >= 0.6 is 11.3 Å². The van der Waals surface area contributed by atoms with E-state index >= 15 is 0 Å². The lowest BCUT2D eigenvalue weighted by molar-refractivity contribution is 1.23. The molecule has 0 radical (unpaired) electrons. The van der Waals surface area contributed by atoms with Crippen molar-refractivity contribution in [3.63, 3.8) is 0 Å². The monoisotopic (exact) mass is 464 g/mol. The van der Waals surface area contributed by atoms with Crippen LogP contribution in [0.15, 0.2) is 121 Å². The van der Waals surface area contributed by atoms with Gasteiger partial charge in [-0.3, -0.25) is 0 Å². The van der Waals surface area contributed by atoms with E-state index in [2.05, 4.69) is 97.1 Å². The highest BCUT2D eigenvalue weighted by atomic mass is 32.1. The molecule has 0 aliphatic carbocycles. The van der Waals surface area contributed by atoms with Crippen molar-refractivity contribution in [2.24, 2.45) is 0 Å². The summed E-state index contributed by atoms with van der Waals surface area (Å²) >= 11 is 1.85. The maximum absolute atomic E-state index is 5.01. The summed E-state index contributed by atoms with van der Waals surface area (Å²) in [5.41, 5.74) is 6.38. The predicted molar refractivity (Wildman–Crippen MR) is 149 cm³/mol. The largest absolute Gasteiger partial charge is 0.228 e. The Kier molecular flexibility index (Phi) is 4.68. The van der Waals surface area contributed by atoms with Crippen molar-refractivity contribution in [2.75, 3.05) is 0 Å². The molecule has 2 nitrogen and oxygen atoms in total. The van der Waals surface area contributed by atoms with Gasteiger partial charge in [0.15, 0.2) is 5.82 Å². The lowest BCUT2D eigenvalue weighted by atomic mass is 9.99. The van der Waals surface area contributed by atoms with Gasteiger partial charge in [0.2, 0.25) is 0 Å². The van der Waals surface area contributed by atoms with Gasteiger partial charge in [0.05, 0.1) is 11.2 Å². The average molecular weight is 465 g/mol. The van der Waals surface area contributed by atoms with Crippen molar-refractivity contribution in [2.45, 2.75) is 0 Å². The average Bonchev–Trinajstić information content (AvgIpc) is 3.31. The maximum Gasteiger partial charge on any atom is 0.160 e. The molecule has 0 spiro atoms. The third-order valence-corrected chi connectivity index (χ3v) is 7.64. The summed E-state index contributed by atoms with van der Waals surface area (Å²) in [6.45, 7) is 0. The van der Waals surface area contributed by atoms with Gasteiger partial charge in [0, 0.05) is 36.7 Å². The number of hydrogen-bond donors (Lipinski definition) is 0. The van der Waals surface area contributed by atoms with Crippen LogP contribution in [-0.4, -0.2) is 9.97 Å². The quantitative estimate of drug-likeness (QED) is 0.261. The zero-order valence-corrected chi connectivity index (χ0v) is 19.7. The van der Waals surface area contributed by atoms with E-state index in [9.17, 15) is 0 Å². The molecule has 0 aliphatic heterocycles. The van der Waals surface area contributed by atoms with Gasteiger partial charge in [-0.15, -0.1) is 11.3 Å². The van der Waals surface area contributed by atoms with Gasteiger partial charge >= 0.3 is 0 Å². The number of fused-ring (bicyclic) bond motifs is 4. The number of hydrogen-bond acceptors (Lipinski definition) is 3. The summed E-state index contributed by atoms with van der Waals surface area (Å²) in [5, 5.41) is 3.68. The van der Waals surface area contributed by atoms with E-state index in [1.807, 2.05) is 35.6 Å². The van der Waals surface area contributed by atoms with Gasteiger partial charge in [0.25, 0.3) is 0 Å². The summed E-state index contributed by atoms with van der Waals surface area (Å²) in [6, 6.07) is 42.5. The summed E-state index contributed by atoms with van der Waals surface area (Å²) in [5.74, 6) is 0.744. The van der Waals surface area contributed by atoms with E-state index in [0.717, 1.165) is 39.1 Å². The third kappa shape index (κ3) is 3.49. The first-order valence-electron chi connectivity index (χ1n) is 11.7. The zero-order chi connectivity index (χ0) is 23.2. The minimum absolute atomic E-state index is 0.744. The van der Waals surface area contributed by atoms with Gasteiger partial charge in [-0.1, -0.05) is 91.0 Å². The molecule has 0 bridgehead atoms. The minimum atomic E-state index is 0.744. The van der Waals surface area contributed by atoms with Crippen molar-refractivity contribution in [3.05, 3.63) is 121 Å². The van der Waals surface area contributed by atoms with Crippen LogP contribution in [0.1, 0.15) is 0 Å². The molecule has 0 aliphatic rings. The van der Waals surface area contributed by atoms with Crippen LogP contribution in [-0.2, 0) is 0 Å². The fraction of sp³-hybridized carbons (Fsp3) is 0. The molecule has 0 fully saturated rings. The fourth-order valence-electron chi connectivity index (χ4n) is 4.75. The normalized spacial score (nSPS) is 11.4. The fourth-order valence-corrected chi connectivity index (χ4v) is 5.83. The van der Waals surface area contributed by atoms with Crippen LogP contribution in [0.5, 0.6) is 0 Å². The van der Waals surface area contributed by atoms with E-state index in [4.69, 9.17) is 9.97 Å². The molecule has 0 N–H and O–H groups in total. The molecule has 0 atom stereocenters. The second-order valence-electron chi connectivity index (χ2n) is 8.67. The number of rotatable bonds is 3. The highest BCUT2D eigenvalue weighted by Crippen LogP contribution is 2.37. The number of nitrogens with zero attached hydrogens (tertiary/aromatic N) is 2. The van der Waals surface area contributed by atoms with Crippen LogP contribution in [0.3, 0.4) is 0 Å². The molecule has 7 aromatic rings. The molecular formula is C32H20N2S. The number of aromatic nitrogens is 2. The Hall–Kier alpha value is -4.34. The van der Waals surface area contributed by atoms with E-state index in [-0.39, 0.29) is 0 Å². The molecule has 0 saturated heterocycles. The lowest BCUT2D eigenvalue weighted by Crippen LogP contribution is -1.95. The Bertz CT molecular complexity index is 1840. The highest BCUT2D eigenvalue weighted by molar-refractivity contribution is 7.25. The van der Waals surface area contributed by atoms with Crippen molar-refractivity contribution >= 4 is 42.4 Å². The van der Waals surface area contributed by atoms with E-state index in [1.165, 1.54) is 25.7 Å². The minimum Gasteiger partial charge on any atom is -0.228 e. The molecule has 0 amide bonds. The SMILES string of the molecule is c1ccc(-c2nc(-c3ccccc3)c3ccc(-c4ccc5sc6ccccc6c5c4)cc3n2)cc1. The molecule has 2 heterocycles. The summed E-state index contributed by atoms with van der Waals surface area (Å²) in [6.07, 6.45) is 0. The molecule has 0 saturated carbocycles. The van der Waals surface area contributed by atoms with Crippen LogP contribution in [0.25, 0.3) is 64.8 Å². The van der Waals surface area contributed by atoms with E-state index in [1.54, 1.807) is 0 Å². The first-order valence-corrected chi connectivity index (χ1v) is 12.5. The topological polar surface area (TPSA) is 25.8 Å². The molecule has 2 aromatic heterocycles. The highest BCUT2D eigenvalue weighted by Gasteiger charge is 2.13. The molecule has 35 heavy (non-hydrogen) atoms. The van der Waals surface area contributed by atoms with Crippen molar-refractivity contribution in [1.82, 2.24) is 9.97 Å². The van der Waals surface area contributed by atoms with Gasteiger partial charge in [-0.05, 0) is 41.5 Å². The maximum atomic E-state index is 5.01. The first kappa shape index (κ1) is 20.1. The standard InChI is InChI=1S/C32H20N2S/c1-3-9-21(10-4-1)31-26-17-15-24(20-28(26)33-32(34-31)22-11-5-2-6-12-22)23-16-18-30-27(19-23)25-13-7-8-14-29(25)35-30/h1-20H. The van der Waals surface area contributed by atoms with Crippen molar-refractivity contribution in [1.29, 1.82) is 0 Å². The number of thiophene rings is 1. The van der Waals surface area contributed by atoms with Crippen LogP contribution in [0.4, 0.5) is 0 Å². The summed E-state index contributed by atoms with van der Waals surface area (Å²) in [4.78, 5) is 10.0. The smallest absolute Gasteiger partial charge is 0.160 e. The summed E-state index contributed by atoms with van der Waals surface area (Å²) < 4.78 is 2.64. The van der Waals surface area contributed by atoms with Crippen LogP contribution in [0.2, 0.25) is 0 Å². The molecule has 0 unspecified atom stereocenters. The second kappa shape index (κ2) is 8.15. The van der Waals surface area contributed by atoms with E-state index < -0.39 is 0 Å². The second-order valence-corrected chi connectivity index (χ2v) is 9.75. The van der Waals surface area contributed by atoms with Gasteiger partial charge in [0.1, 0.15) is 0 Å². The van der Waals surface area contributed by atoms with Gasteiger partial charge in [-0.2, -0.15) is 0 Å². The van der Waals surface area contributed by atoms with Crippen LogP contribution < -0.4 is 0 Å². The molecular weight excluding hydrogens is 444 g/mol. The lowest BCUT2D eigenvalue weighted by Gasteiger charge is -2.11. The molecule has 7 rings (SSSR count). The van der Waals surface area contributed by atoms with E-state index in [0.29, 0.717) is 0 Å². The van der Waals surface area contributed by atoms with Crippen molar-refractivity contribution in [3.8, 4) is 33.8 Å². The Morgan fingerprint density at radius 1 is 0.429 bits per heavy atom. The predicted octanol–water partition coefficient (Wildman–Crippen LogP) is 9.00. The Balaban J connectivity index is 1.45. The van der Waals surface area contributed by atoms with Crippen LogP contribution in [0, 0.1) is 0 Å². The van der Waals surface area contributed by atoms with Gasteiger partial charge in [-0.25, -0.2) is 9.97 Å². The van der Waals surface area contributed by atoms with Crippen molar-refractivity contribution < 1.29 is 0 Å². The molecule has 164 valence electrons. The third-order valence-electron chi connectivity index (χ3n) is 6.49. The number of benzene rings is 5. The molecule has 3 heteroatoms. The Labute approximate surface area is 207 Å². The summed E-state index contributed by atoms with van der Waals surface area (Å²) in [7, 11) is 0. The Morgan fingerprint density at radius 3 is 1.91 bits per heavy atom. The molecule has 5 aromatic carbocycles. The van der Waals surface area contributed by atoms with Gasteiger partial charge < -0.3 is 0 Å². The zero-order valence-electron chi connectivity index (χ0n) is 18.8.